The number of nitrogens with one attached hydrogen (secondary N) is 1. The Morgan fingerprint density at radius 2 is 2.00 bits per heavy atom. The largest absolute Gasteiger partial charge is 0.351 e. The highest BCUT2D eigenvalue weighted by Gasteiger charge is 2.11. The molecule has 0 radical (unpaired) electrons. The molecule has 3 rings (SSSR count). The molecule has 0 aliphatic carbocycles. The fourth-order valence-electron chi connectivity index (χ4n) is 2.25. The summed E-state index contributed by atoms with van der Waals surface area (Å²) in [6.07, 6.45) is 3.43. The Labute approximate surface area is 137 Å². The lowest BCUT2D eigenvalue weighted by Gasteiger charge is -2.03. The monoisotopic (exact) mass is 328 g/mol. The molecule has 0 saturated carbocycles. The average molecular weight is 328 g/mol. The standard InChI is InChI=1S/C16H16N4O2S/c1-11(21)12-7-8-13(23-12)16(22)17-9-4-6-15-19-18-14-5-2-3-10-20(14)15/h2-3,5,7-8,10H,4,6,9H2,1H3,(H,17,22). The molecular formula is C16H16N4O2S. The molecule has 3 aromatic heterocycles. The van der Waals surface area contributed by atoms with Crippen molar-refractivity contribution in [3.63, 3.8) is 0 Å². The number of hydrogen-bond donors (Lipinski definition) is 1. The molecule has 0 bridgehead atoms. The summed E-state index contributed by atoms with van der Waals surface area (Å²) in [6, 6.07) is 9.13. The summed E-state index contributed by atoms with van der Waals surface area (Å²) in [5.41, 5.74) is 0.821. The highest BCUT2D eigenvalue weighted by atomic mass is 32.1. The summed E-state index contributed by atoms with van der Waals surface area (Å²) < 4.78 is 1.94. The first-order valence-corrected chi connectivity index (χ1v) is 8.14. The minimum absolute atomic E-state index is 0.0206. The Morgan fingerprint density at radius 3 is 2.78 bits per heavy atom. The van der Waals surface area contributed by atoms with E-state index in [0.717, 1.165) is 24.3 Å². The smallest absolute Gasteiger partial charge is 0.261 e. The average Bonchev–Trinajstić information content (AvgIpc) is 3.19. The highest BCUT2D eigenvalue weighted by Crippen LogP contribution is 2.16. The summed E-state index contributed by atoms with van der Waals surface area (Å²) >= 11 is 1.22. The van der Waals surface area contributed by atoms with Crippen LogP contribution in [0.1, 0.15) is 38.5 Å². The Bertz CT molecular complexity index is 853. The van der Waals surface area contributed by atoms with Crippen LogP contribution in [0.25, 0.3) is 5.65 Å². The maximum atomic E-state index is 12.0. The third kappa shape index (κ3) is 3.45. The van der Waals surface area contributed by atoms with E-state index in [2.05, 4.69) is 15.5 Å². The lowest BCUT2D eigenvalue weighted by atomic mass is 10.3. The zero-order valence-corrected chi connectivity index (χ0v) is 13.5. The van der Waals surface area contributed by atoms with Gasteiger partial charge in [-0.05, 0) is 37.6 Å². The van der Waals surface area contributed by atoms with E-state index in [1.54, 1.807) is 12.1 Å². The van der Waals surface area contributed by atoms with Gasteiger partial charge in [0.15, 0.2) is 11.4 Å². The lowest BCUT2D eigenvalue weighted by molar-refractivity contribution is 0.0956. The van der Waals surface area contributed by atoms with E-state index in [1.165, 1.54) is 18.3 Å². The molecule has 1 amide bonds. The van der Waals surface area contributed by atoms with Crippen molar-refractivity contribution in [1.29, 1.82) is 0 Å². The number of ketones is 1. The van der Waals surface area contributed by atoms with Gasteiger partial charge in [-0.1, -0.05) is 6.07 Å². The van der Waals surface area contributed by atoms with E-state index in [4.69, 9.17) is 0 Å². The molecule has 0 spiro atoms. The van der Waals surface area contributed by atoms with Gasteiger partial charge in [0.1, 0.15) is 5.82 Å². The Balaban J connectivity index is 1.51. The number of pyridine rings is 1. The van der Waals surface area contributed by atoms with Crippen molar-refractivity contribution in [3.8, 4) is 0 Å². The van der Waals surface area contributed by atoms with E-state index < -0.39 is 0 Å². The van der Waals surface area contributed by atoms with E-state index in [-0.39, 0.29) is 11.7 Å². The van der Waals surface area contributed by atoms with Crippen molar-refractivity contribution in [2.45, 2.75) is 19.8 Å². The normalized spacial score (nSPS) is 10.8. The molecule has 0 unspecified atom stereocenters. The SMILES string of the molecule is CC(=O)c1ccc(C(=O)NCCCc2nnc3ccccn23)s1. The predicted octanol–water partition coefficient (Wildman–Crippen LogP) is 2.36. The maximum absolute atomic E-state index is 12.0. The van der Waals surface area contributed by atoms with Crippen LogP contribution >= 0.6 is 11.3 Å². The minimum Gasteiger partial charge on any atom is -0.351 e. The summed E-state index contributed by atoms with van der Waals surface area (Å²) in [5, 5.41) is 11.1. The Kier molecular flexibility index (Phi) is 4.47. The molecule has 7 heteroatoms. The van der Waals surface area contributed by atoms with Gasteiger partial charge in [0.05, 0.1) is 9.75 Å². The third-order valence-electron chi connectivity index (χ3n) is 3.42. The zero-order chi connectivity index (χ0) is 16.2. The highest BCUT2D eigenvalue weighted by molar-refractivity contribution is 7.15. The molecule has 23 heavy (non-hydrogen) atoms. The Morgan fingerprint density at radius 1 is 1.17 bits per heavy atom. The molecule has 6 nitrogen and oxygen atoms in total. The molecule has 118 valence electrons. The van der Waals surface area contributed by atoms with Crippen LogP contribution in [0.3, 0.4) is 0 Å². The fourth-order valence-corrected chi connectivity index (χ4v) is 3.06. The van der Waals surface area contributed by atoms with Crippen LogP contribution in [-0.2, 0) is 6.42 Å². The zero-order valence-electron chi connectivity index (χ0n) is 12.7. The van der Waals surface area contributed by atoms with Gasteiger partial charge in [-0.2, -0.15) is 0 Å². The summed E-state index contributed by atoms with van der Waals surface area (Å²) in [7, 11) is 0. The van der Waals surface area contributed by atoms with Crippen LogP contribution < -0.4 is 5.32 Å². The first kappa shape index (κ1) is 15.4. The third-order valence-corrected chi connectivity index (χ3v) is 4.61. The van der Waals surface area contributed by atoms with Gasteiger partial charge < -0.3 is 5.32 Å². The number of aryl methyl sites for hydroxylation is 1. The number of amides is 1. The van der Waals surface area contributed by atoms with Crippen LogP contribution in [0.4, 0.5) is 0 Å². The molecule has 3 heterocycles. The van der Waals surface area contributed by atoms with Gasteiger partial charge in [-0.15, -0.1) is 21.5 Å². The van der Waals surface area contributed by atoms with Crippen molar-refractivity contribution in [1.82, 2.24) is 19.9 Å². The van der Waals surface area contributed by atoms with Crippen LogP contribution in [-0.4, -0.2) is 32.8 Å². The van der Waals surface area contributed by atoms with Crippen molar-refractivity contribution < 1.29 is 9.59 Å². The molecule has 0 fully saturated rings. The lowest BCUT2D eigenvalue weighted by Crippen LogP contribution is -2.24. The summed E-state index contributed by atoms with van der Waals surface area (Å²) in [6.45, 7) is 2.05. The summed E-state index contributed by atoms with van der Waals surface area (Å²) in [5.74, 6) is 0.714. The first-order chi connectivity index (χ1) is 11.1. The van der Waals surface area contributed by atoms with Crippen LogP contribution in [0.5, 0.6) is 0 Å². The molecule has 0 saturated heterocycles. The van der Waals surface area contributed by atoms with E-state index in [9.17, 15) is 9.59 Å². The second kappa shape index (κ2) is 6.70. The van der Waals surface area contributed by atoms with Gasteiger partial charge in [0.25, 0.3) is 5.91 Å². The number of aromatic nitrogens is 3. The predicted molar refractivity (Wildman–Crippen MR) is 88.0 cm³/mol. The second-order valence-electron chi connectivity index (χ2n) is 5.12. The maximum Gasteiger partial charge on any atom is 0.261 e. The molecular weight excluding hydrogens is 312 g/mol. The van der Waals surface area contributed by atoms with Gasteiger partial charge in [-0.3, -0.25) is 14.0 Å². The number of hydrogen-bond acceptors (Lipinski definition) is 5. The Hall–Kier alpha value is -2.54. The molecule has 0 aromatic carbocycles. The number of carbonyl (C=O) groups excluding carboxylic acids is 2. The minimum atomic E-state index is -0.145. The fraction of sp³-hybridized carbons (Fsp3) is 0.250. The number of nitrogens with zero attached hydrogens (tertiary/aromatic N) is 3. The van der Waals surface area contributed by atoms with E-state index >= 15 is 0 Å². The van der Waals surface area contributed by atoms with Crippen LogP contribution in [0, 0.1) is 0 Å². The number of Topliss-reactive ketones (excluding diaryl/α,β-unsaturated/α-hetero) is 1. The second-order valence-corrected chi connectivity index (χ2v) is 6.21. The molecule has 1 N–H and O–H groups in total. The van der Waals surface area contributed by atoms with Crippen molar-refractivity contribution >= 4 is 28.7 Å². The van der Waals surface area contributed by atoms with Crippen LogP contribution in [0.15, 0.2) is 36.5 Å². The van der Waals surface area contributed by atoms with E-state index in [1.807, 2.05) is 28.8 Å². The van der Waals surface area contributed by atoms with Crippen molar-refractivity contribution in [3.05, 3.63) is 52.1 Å². The summed E-state index contributed by atoms with van der Waals surface area (Å²) in [4.78, 5) is 24.4. The molecule has 0 aliphatic heterocycles. The number of fused-ring (bicyclic) bond motifs is 1. The molecule has 0 aliphatic rings. The van der Waals surface area contributed by atoms with E-state index in [0.29, 0.717) is 16.3 Å². The number of carbonyl (C=O) groups is 2. The van der Waals surface area contributed by atoms with Gasteiger partial charge >= 0.3 is 0 Å². The number of rotatable bonds is 6. The number of thiophene rings is 1. The van der Waals surface area contributed by atoms with Crippen LogP contribution in [0.2, 0.25) is 0 Å². The van der Waals surface area contributed by atoms with Gasteiger partial charge in [-0.25, -0.2) is 0 Å². The topological polar surface area (TPSA) is 76.4 Å². The van der Waals surface area contributed by atoms with Crippen molar-refractivity contribution in [2.24, 2.45) is 0 Å². The molecule has 0 atom stereocenters. The van der Waals surface area contributed by atoms with Gasteiger partial charge in [0.2, 0.25) is 0 Å². The van der Waals surface area contributed by atoms with Crippen molar-refractivity contribution in [2.75, 3.05) is 6.54 Å². The first-order valence-electron chi connectivity index (χ1n) is 7.33. The quantitative estimate of drug-likeness (QED) is 0.557. The molecule has 3 aromatic rings. The van der Waals surface area contributed by atoms with Gasteiger partial charge in [0, 0.05) is 19.2 Å².